The topological polar surface area (TPSA) is 17.1 Å². The standard InChI is InChI=1S/C15H20O/c1-4-5-6-15(16)14-9-7-13(8-10-14)11-12(2)3/h4,7-10,12H,1,5-6,11H2,2-3H3. The van der Waals surface area contributed by atoms with Crippen molar-refractivity contribution in [1.29, 1.82) is 0 Å². The predicted molar refractivity (Wildman–Crippen MR) is 68.7 cm³/mol. The van der Waals surface area contributed by atoms with Crippen molar-refractivity contribution in [2.45, 2.75) is 33.1 Å². The largest absolute Gasteiger partial charge is 0.294 e. The molecule has 16 heavy (non-hydrogen) atoms. The van der Waals surface area contributed by atoms with E-state index in [-0.39, 0.29) is 5.78 Å². The van der Waals surface area contributed by atoms with Crippen LogP contribution in [-0.4, -0.2) is 5.78 Å². The Bertz CT molecular complexity index is 346. The Morgan fingerprint density at radius 1 is 1.31 bits per heavy atom. The summed E-state index contributed by atoms with van der Waals surface area (Å²) in [5, 5.41) is 0. The van der Waals surface area contributed by atoms with E-state index in [2.05, 4.69) is 32.6 Å². The van der Waals surface area contributed by atoms with E-state index < -0.39 is 0 Å². The first-order valence-corrected chi connectivity index (χ1v) is 5.86. The van der Waals surface area contributed by atoms with E-state index in [1.165, 1.54) is 5.56 Å². The third kappa shape index (κ3) is 4.01. The molecular weight excluding hydrogens is 196 g/mol. The molecule has 0 aliphatic heterocycles. The molecule has 86 valence electrons. The summed E-state index contributed by atoms with van der Waals surface area (Å²) in [5.74, 6) is 0.860. The maximum atomic E-state index is 11.7. The SMILES string of the molecule is C=CCCC(=O)c1ccc(CC(C)C)cc1. The molecule has 0 N–H and O–H groups in total. The van der Waals surface area contributed by atoms with Gasteiger partial charge in [-0.2, -0.15) is 0 Å². The Balaban J connectivity index is 2.63. The summed E-state index contributed by atoms with van der Waals surface area (Å²) < 4.78 is 0. The van der Waals surface area contributed by atoms with Gasteiger partial charge in [0, 0.05) is 12.0 Å². The van der Waals surface area contributed by atoms with Gasteiger partial charge in [-0.05, 0) is 24.3 Å². The summed E-state index contributed by atoms with van der Waals surface area (Å²) in [6, 6.07) is 7.98. The predicted octanol–water partition coefficient (Wildman–Crippen LogP) is 4.03. The first-order valence-electron chi connectivity index (χ1n) is 5.86. The van der Waals surface area contributed by atoms with Crippen LogP contribution in [0.25, 0.3) is 0 Å². The lowest BCUT2D eigenvalue weighted by Crippen LogP contribution is -1.99. The lowest BCUT2D eigenvalue weighted by atomic mass is 9.99. The number of allylic oxidation sites excluding steroid dienone is 1. The molecule has 0 bridgehead atoms. The highest BCUT2D eigenvalue weighted by Gasteiger charge is 2.04. The maximum absolute atomic E-state index is 11.7. The highest BCUT2D eigenvalue weighted by Crippen LogP contribution is 2.11. The van der Waals surface area contributed by atoms with Crippen molar-refractivity contribution >= 4 is 5.78 Å². The van der Waals surface area contributed by atoms with Crippen molar-refractivity contribution in [1.82, 2.24) is 0 Å². The van der Waals surface area contributed by atoms with E-state index in [0.29, 0.717) is 12.3 Å². The van der Waals surface area contributed by atoms with Crippen LogP contribution in [0.2, 0.25) is 0 Å². The average molecular weight is 216 g/mol. The summed E-state index contributed by atoms with van der Waals surface area (Å²) in [7, 11) is 0. The number of ketones is 1. The van der Waals surface area contributed by atoms with Gasteiger partial charge >= 0.3 is 0 Å². The molecule has 0 saturated heterocycles. The number of hydrogen-bond acceptors (Lipinski definition) is 1. The monoisotopic (exact) mass is 216 g/mol. The minimum atomic E-state index is 0.205. The summed E-state index contributed by atoms with van der Waals surface area (Å²) in [6.07, 6.45) is 4.17. The Morgan fingerprint density at radius 2 is 1.94 bits per heavy atom. The quantitative estimate of drug-likeness (QED) is 0.518. The van der Waals surface area contributed by atoms with Gasteiger partial charge in [0.05, 0.1) is 0 Å². The van der Waals surface area contributed by atoms with E-state index in [9.17, 15) is 4.79 Å². The number of carbonyl (C=O) groups excluding carboxylic acids is 1. The fourth-order valence-electron chi connectivity index (χ4n) is 1.68. The van der Waals surface area contributed by atoms with Crippen LogP contribution in [0.1, 0.15) is 42.6 Å². The maximum Gasteiger partial charge on any atom is 0.163 e. The van der Waals surface area contributed by atoms with Crippen LogP contribution >= 0.6 is 0 Å². The minimum absolute atomic E-state index is 0.205. The van der Waals surface area contributed by atoms with Crippen molar-refractivity contribution in [3.05, 3.63) is 48.0 Å². The smallest absolute Gasteiger partial charge is 0.163 e. The van der Waals surface area contributed by atoms with Crippen molar-refractivity contribution in [2.24, 2.45) is 5.92 Å². The average Bonchev–Trinajstić information content (AvgIpc) is 2.26. The van der Waals surface area contributed by atoms with Gasteiger partial charge in [0.15, 0.2) is 5.78 Å². The van der Waals surface area contributed by atoms with Crippen LogP contribution in [0.5, 0.6) is 0 Å². The first kappa shape index (κ1) is 12.7. The Morgan fingerprint density at radius 3 is 2.44 bits per heavy atom. The second-order valence-corrected chi connectivity index (χ2v) is 4.55. The molecule has 0 amide bonds. The normalized spacial score (nSPS) is 10.4. The number of rotatable bonds is 6. The molecule has 0 atom stereocenters. The van der Waals surface area contributed by atoms with Gasteiger partial charge in [0.25, 0.3) is 0 Å². The van der Waals surface area contributed by atoms with Crippen LogP contribution in [0.4, 0.5) is 0 Å². The molecule has 0 fully saturated rings. The zero-order valence-electron chi connectivity index (χ0n) is 10.2. The highest BCUT2D eigenvalue weighted by atomic mass is 16.1. The number of benzene rings is 1. The molecule has 0 saturated carbocycles. The van der Waals surface area contributed by atoms with Crippen LogP contribution in [0.15, 0.2) is 36.9 Å². The van der Waals surface area contributed by atoms with Crippen molar-refractivity contribution in [3.63, 3.8) is 0 Å². The Kier molecular flexibility index (Phi) is 4.97. The van der Waals surface area contributed by atoms with Crippen LogP contribution in [-0.2, 0) is 6.42 Å². The molecule has 0 spiro atoms. The molecule has 1 rings (SSSR count). The zero-order valence-corrected chi connectivity index (χ0v) is 10.2. The fourth-order valence-corrected chi connectivity index (χ4v) is 1.68. The number of carbonyl (C=O) groups is 1. The van der Waals surface area contributed by atoms with Gasteiger partial charge in [0.2, 0.25) is 0 Å². The van der Waals surface area contributed by atoms with Crippen molar-refractivity contribution in [3.8, 4) is 0 Å². The second kappa shape index (κ2) is 6.26. The van der Waals surface area contributed by atoms with Gasteiger partial charge in [-0.1, -0.05) is 44.2 Å². The molecule has 0 heterocycles. The number of hydrogen-bond donors (Lipinski definition) is 0. The molecule has 1 heteroatoms. The fraction of sp³-hybridized carbons (Fsp3) is 0.400. The summed E-state index contributed by atoms with van der Waals surface area (Å²) in [5.41, 5.74) is 2.12. The lowest BCUT2D eigenvalue weighted by Gasteiger charge is -2.05. The summed E-state index contributed by atoms with van der Waals surface area (Å²) in [4.78, 5) is 11.7. The van der Waals surface area contributed by atoms with E-state index in [4.69, 9.17) is 0 Å². The van der Waals surface area contributed by atoms with Crippen molar-refractivity contribution < 1.29 is 4.79 Å². The second-order valence-electron chi connectivity index (χ2n) is 4.55. The molecule has 0 aliphatic carbocycles. The Hall–Kier alpha value is -1.37. The van der Waals surface area contributed by atoms with Crippen LogP contribution in [0.3, 0.4) is 0 Å². The number of Topliss-reactive ketones (excluding diaryl/α,β-unsaturated/α-hetero) is 1. The van der Waals surface area contributed by atoms with E-state index >= 15 is 0 Å². The lowest BCUT2D eigenvalue weighted by molar-refractivity contribution is 0.0983. The van der Waals surface area contributed by atoms with Crippen molar-refractivity contribution in [2.75, 3.05) is 0 Å². The van der Waals surface area contributed by atoms with Gasteiger partial charge < -0.3 is 0 Å². The van der Waals surface area contributed by atoms with E-state index in [1.54, 1.807) is 6.08 Å². The summed E-state index contributed by atoms with van der Waals surface area (Å²) in [6.45, 7) is 8.02. The van der Waals surface area contributed by atoms with Gasteiger partial charge in [-0.25, -0.2) is 0 Å². The van der Waals surface area contributed by atoms with Crippen LogP contribution in [0, 0.1) is 5.92 Å². The summed E-state index contributed by atoms with van der Waals surface area (Å²) >= 11 is 0. The Labute approximate surface area is 98.2 Å². The van der Waals surface area contributed by atoms with E-state index in [1.807, 2.05) is 12.1 Å². The molecule has 0 aromatic heterocycles. The minimum Gasteiger partial charge on any atom is -0.294 e. The van der Waals surface area contributed by atoms with Gasteiger partial charge in [-0.3, -0.25) is 4.79 Å². The zero-order chi connectivity index (χ0) is 12.0. The highest BCUT2D eigenvalue weighted by molar-refractivity contribution is 5.96. The molecule has 0 unspecified atom stereocenters. The van der Waals surface area contributed by atoms with Gasteiger partial charge in [-0.15, -0.1) is 6.58 Å². The molecular formula is C15H20O. The molecule has 1 aromatic rings. The van der Waals surface area contributed by atoms with E-state index in [0.717, 1.165) is 18.4 Å². The molecule has 1 aromatic carbocycles. The molecule has 0 radical (unpaired) electrons. The third-order valence-electron chi connectivity index (χ3n) is 2.50. The molecule has 1 nitrogen and oxygen atoms in total. The first-order chi connectivity index (χ1) is 7.63. The van der Waals surface area contributed by atoms with Gasteiger partial charge in [0.1, 0.15) is 0 Å². The molecule has 0 aliphatic rings. The third-order valence-corrected chi connectivity index (χ3v) is 2.50. The van der Waals surface area contributed by atoms with Crippen LogP contribution < -0.4 is 0 Å².